The summed E-state index contributed by atoms with van der Waals surface area (Å²) >= 11 is 0. The zero-order valence-electron chi connectivity index (χ0n) is 12.6. The van der Waals surface area contributed by atoms with Gasteiger partial charge in [0.05, 0.1) is 0 Å². The molecule has 0 unspecified atom stereocenters. The molecule has 0 saturated carbocycles. The fourth-order valence-corrected chi connectivity index (χ4v) is 1.68. The number of hydrogen-bond acceptors (Lipinski definition) is 4. The molecule has 0 heterocycles. The molecule has 0 aliphatic carbocycles. The lowest BCUT2D eigenvalue weighted by Gasteiger charge is -2.05. The van der Waals surface area contributed by atoms with E-state index in [1.165, 1.54) is 29.8 Å². The highest BCUT2D eigenvalue weighted by Crippen LogP contribution is 2.17. The molecule has 22 heavy (non-hydrogen) atoms. The zero-order valence-corrected chi connectivity index (χ0v) is 12.6. The van der Waals surface area contributed by atoms with E-state index in [1.807, 2.05) is 12.1 Å². The Balaban J connectivity index is 0.000000224. The van der Waals surface area contributed by atoms with Crippen molar-refractivity contribution in [1.82, 2.24) is 0 Å². The van der Waals surface area contributed by atoms with Crippen molar-refractivity contribution in [2.75, 3.05) is 0 Å². The van der Waals surface area contributed by atoms with Crippen LogP contribution in [0.2, 0.25) is 0 Å². The summed E-state index contributed by atoms with van der Waals surface area (Å²) in [4.78, 5) is 10.4. The molecule has 2 aromatic rings. The number of benzene rings is 2. The predicted molar refractivity (Wildman–Crippen MR) is 84.9 cm³/mol. The molecule has 0 aliphatic heterocycles. The predicted octanol–water partition coefficient (Wildman–Crippen LogP) is 2.99. The summed E-state index contributed by atoms with van der Waals surface area (Å²) in [7, 11) is 0. The van der Waals surface area contributed by atoms with Crippen molar-refractivity contribution in [3.05, 3.63) is 59.7 Å². The van der Waals surface area contributed by atoms with Gasteiger partial charge in [0.25, 0.3) is 0 Å². The first kappa shape index (κ1) is 17.5. The standard InChI is InChI=1S/C9H12O.C8H9NO3/c1-7(2)8-3-5-9(10)6-4-8;9-7(8(11)12)5-1-3-6(10)4-2-5/h3-7,10H,1-2H3;1-4,7,10H,9H2,(H,11,12)/t;7-/m.1/s1. The Morgan fingerprint density at radius 3 is 1.55 bits per heavy atom. The number of carboxylic acid groups (broad SMARTS) is 1. The van der Waals surface area contributed by atoms with Crippen LogP contribution in [0, 0.1) is 0 Å². The van der Waals surface area contributed by atoms with Gasteiger partial charge >= 0.3 is 5.97 Å². The van der Waals surface area contributed by atoms with E-state index in [0.717, 1.165) is 0 Å². The van der Waals surface area contributed by atoms with Crippen LogP contribution in [-0.2, 0) is 4.79 Å². The van der Waals surface area contributed by atoms with Gasteiger partial charge in [-0.2, -0.15) is 0 Å². The molecule has 0 saturated heterocycles. The van der Waals surface area contributed by atoms with Gasteiger partial charge in [-0.05, 0) is 41.3 Å². The average molecular weight is 303 g/mol. The van der Waals surface area contributed by atoms with Crippen LogP contribution >= 0.6 is 0 Å². The van der Waals surface area contributed by atoms with Gasteiger partial charge in [0.1, 0.15) is 17.5 Å². The summed E-state index contributed by atoms with van der Waals surface area (Å²) < 4.78 is 0. The van der Waals surface area contributed by atoms with Crippen molar-refractivity contribution in [2.24, 2.45) is 5.73 Å². The maximum Gasteiger partial charge on any atom is 0.325 e. The number of nitrogens with two attached hydrogens (primary N) is 1. The minimum absolute atomic E-state index is 0.0938. The Bertz CT molecular complexity index is 591. The summed E-state index contributed by atoms with van der Waals surface area (Å²) in [5, 5.41) is 26.3. The van der Waals surface area contributed by atoms with Gasteiger partial charge in [-0.1, -0.05) is 38.1 Å². The summed E-state index contributed by atoms with van der Waals surface area (Å²) in [5.41, 5.74) is 7.04. The number of rotatable bonds is 3. The molecule has 0 radical (unpaired) electrons. The smallest absolute Gasteiger partial charge is 0.325 e. The lowest BCUT2D eigenvalue weighted by atomic mass is 10.0. The summed E-state index contributed by atoms with van der Waals surface area (Å²) in [6, 6.07) is 12.1. The number of phenolic OH excluding ortho intramolecular Hbond substituents is 2. The monoisotopic (exact) mass is 303 g/mol. The SMILES string of the molecule is CC(C)c1ccc(O)cc1.N[C@@H](C(=O)O)c1ccc(O)cc1. The van der Waals surface area contributed by atoms with Crippen LogP contribution in [0.15, 0.2) is 48.5 Å². The summed E-state index contributed by atoms with van der Waals surface area (Å²) in [5.74, 6) is -0.109. The van der Waals surface area contributed by atoms with Gasteiger partial charge in [-0.15, -0.1) is 0 Å². The van der Waals surface area contributed by atoms with Crippen molar-refractivity contribution in [1.29, 1.82) is 0 Å². The molecule has 118 valence electrons. The third kappa shape index (κ3) is 5.46. The summed E-state index contributed by atoms with van der Waals surface area (Å²) in [6.45, 7) is 4.26. The number of aromatic hydroxyl groups is 2. The van der Waals surface area contributed by atoms with E-state index in [2.05, 4.69) is 13.8 Å². The fourth-order valence-electron chi connectivity index (χ4n) is 1.68. The first-order valence-electron chi connectivity index (χ1n) is 6.87. The molecule has 0 amide bonds. The third-order valence-electron chi connectivity index (χ3n) is 3.08. The third-order valence-corrected chi connectivity index (χ3v) is 3.08. The first-order valence-corrected chi connectivity index (χ1v) is 6.87. The number of hydrogen-bond donors (Lipinski definition) is 4. The second kappa shape index (κ2) is 8.05. The van der Waals surface area contributed by atoms with E-state index in [-0.39, 0.29) is 5.75 Å². The quantitative estimate of drug-likeness (QED) is 0.698. The van der Waals surface area contributed by atoms with Crippen LogP contribution in [0.3, 0.4) is 0 Å². The average Bonchev–Trinajstić information content (AvgIpc) is 2.48. The van der Waals surface area contributed by atoms with Crippen LogP contribution in [0.4, 0.5) is 0 Å². The van der Waals surface area contributed by atoms with Crippen molar-refractivity contribution < 1.29 is 20.1 Å². The van der Waals surface area contributed by atoms with Crippen LogP contribution in [-0.4, -0.2) is 21.3 Å². The van der Waals surface area contributed by atoms with E-state index in [4.69, 9.17) is 21.1 Å². The Kier molecular flexibility index (Phi) is 6.41. The molecule has 0 bridgehead atoms. The number of phenols is 2. The van der Waals surface area contributed by atoms with E-state index < -0.39 is 12.0 Å². The summed E-state index contributed by atoms with van der Waals surface area (Å²) in [6.07, 6.45) is 0. The largest absolute Gasteiger partial charge is 0.508 e. The Morgan fingerprint density at radius 1 is 0.864 bits per heavy atom. The maximum atomic E-state index is 10.4. The molecule has 1 atom stereocenters. The molecular weight excluding hydrogens is 282 g/mol. The highest BCUT2D eigenvalue weighted by atomic mass is 16.4. The minimum atomic E-state index is -1.08. The van der Waals surface area contributed by atoms with Gasteiger partial charge in [-0.3, -0.25) is 4.79 Å². The Labute approximate surface area is 129 Å². The lowest BCUT2D eigenvalue weighted by molar-refractivity contribution is -0.138. The topological polar surface area (TPSA) is 104 Å². The Morgan fingerprint density at radius 2 is 1.23 bits per heavy atom. The molecule has 5 nitrogen and oxygen atoms in total. The molecule has 0 aliphatic rings. The van der Waals surface area contributed by atoms with Crippen molar-refractivity contribution in [3.63, 3.8) is 0 Å². The van der Waals surface area contributed by atoms with E-state index in [9.17, 15) is 4.79 Å². The molecule has 2 rings (SSSR count). The van der Waals surface area contributed by atoms with Crippen LogP contribution < -0.4 is 5.73 Å². The molecule has 2 aromatic carbocycles. The highest BCUT2D eigenvalue weighted by Gasteiger charge is 2.13. The second-order valence-electron chi connectivity index (χ2n) is 5.15. The van der Waals surface area contributed by atoms with Crippen molar-refractivity contribution in [2.45, 2.75) is 25.8 Å². The second-order valence-corrected chi connectivity index (χ2v) is 5.15. The number of aliphatic carboxylic acids is 1. The molecule has 0 fully saturated rings. The van der Waals surface area contributed by atoms with Gasteiger partial charge in [0, 0.05) is 0 Å². The normalized spacial score (nSPS) is 11.5. The van der Waals surface area contributed by atoms with Crippen molar-refractivity contribution in [3.8, 4) is 11.5 Å². The van der Waals surface area contributed by atoms with Crippen LogP contribution in [0.1, 0.15) is 36.9 Å². The Hall–Kier alpha value is -2.53. The van der Waals surface area contributed by atoms with Gasteiger partial charge in [-0.25, -0.2) is 0 Å². The van der Waals surface area contributed by atoms with Gasteiger partial charge in [0.15, 0.2) is 0 Å². The van der Waals surface area contributed by atoms with Crippen molar-refractivity contribution >= 4 is 5.97 Å². The number of carboxylic acids is 1. The van der Waals surface area contributed by atoms with Gasteiger partial charge in [0.2, 0.25) is 0 Å². The molecule has 0 spiro atoms. The maximum absolute atomic E-state index is 10.4. The lowest BCUT2D eigenvalue weighted by Crippen LogP contribution is -2.20. The van der Waals surface area contributed by atoms with Crippen LogP contribution in [0.5, 0.6) is 11.5 Å². The van der Waals surface area contributed by atoms with E-state index in [0.29, 0.717) is 17.2 Å². The fraction of sp³-hybridized carbons (Fsp3) is 0.235. The highest BCUT2D eigenvalue weighted by molar-refractivity contribution is 5.75. The minimum Gasteiger partial charge on any atom is -0.508 e. The van der Waals surface area contributed by atoms with Gasteiger partial charge < -0.3 is 21.1 Å². The molecular formula is C17H21NO4. The first-order chi connectivity index (χ1) is 10.3. The molecule has 0 aromatic heterocycles. The molecule has 5 N–H and O–H groups in total. The zero-order chi connectivity index (χ0) is 16.7. The van der Waals surface area contributed by atoms with E-state index in [1.54, 1.807) is 12.1 Å². The number of carbonyl (C=O) groups is 1. The van der Waals surface area contributed by atoms with Crippen LogP contribution in [0.25, 0.3) is 0 Å². The van der Waals surface area contributed by atoms with E-state index >= 15 is 0 Å². The molecule has 5 heteroatoms.